The van der Waals surface area contributed by atoms with E-state index >= 15 is 0 Å². The van der Waals surface area contributed by atoms with Crippen LogP contribution in [0.2, 0.25) is 0 Å². The highest BCUT2D eigenvalue weighted by atomic mass is 16.5. The average molecular weight is 282 g/mol. The molecule has 0 rings (SSSR count). The van der Waals surface area contributed by atoms with Gasteiger partial charge in [-0.1, -0.05) is 18.1 Å². The van der Waals surface area contributed by atoms with Crippen molar-refractivity contribution in [1.82, 2.24) is 0 Å². The van der Waals surface area contributed by atoms with Crippen molar-refractivity contribution in [3.63, 3.8) is 0 Å². The lowest BCUT2D eigenvalue weighted by atomic mass is 9.81. The maximum atomic E-state index is 11.9. The molecule has 0 radical (unpaired) electrons. The molecule has 20 heavy (non-hydrogen) atoms. The van der Waals surface area contributed by atoms with Crippen LogP contribution in [0.3, 0.4) is 0 Å². The fourth-order valence-corrected chi connectivity index (χ4v) is 1.49. The van der Waals surface area contributed by atoms with Gasteiger partial charge in [0.25, 0.3) is 0 Å². The molecule has 0 aromatic heterocycles. The lowest BCUT2D eigenvalue weighted by Gasteiger charge is -2.24. The van der Waals surface area contributed by atoms with Crippen LogP contribution < -0.4 is 0 Å². The molecule has 0 aromatic carbocycles. The third-order valence-corrected chi connectivity index (χ3v) is 2.62. The molecule has 0 fully saturated rings. The second-order valence-corrected chi connectivity index (χ2v) is 3.81. The molecule has 0 heterocycles. The van der Waals surface area contributed by atoms with Crippen molar-refractivity contribution < 1.29 is 28.6 Å². The highest BCUT2D eigenvalue weighted by molar-refractivity contribution is 6.00. The Bertz CT molecular complexity index is 436. The first-order chi connectivity index (χ1) is 9.48. The number of hydrogen-bond acceptors (Lipinski definition) is 6. The van der Waals surface area contributed by atoms with Crippen LogP contribution in [0.4, 0.5) is 0 Å². The number of methoxy groups -OCH3 is 3. The quantitative estimate of drug-likeness (QED) is 0.186. The smallest absolute Gasteiger partial charge is 0.384 e. The number of esters is 3. The number of carbonyl (C=O) groups excluding carboxylic acids is 3. The van der Waals surface area contributed by atoms with Crippen molar-refractivity contribution in [3.05, 3.63) is 12.2 Å². The minimum atomic E-state index is -1.59. The Labute approximate surface area is 118 Å². The molecule has 0 unspecified atom stereocenters. The Morgan fingerprint density at radius 2 is 1.60 bits per heavy atom. The summed E-state index contributed by atoms with van der Waals surface area (Å²) in [6.45, 7) is 1.75. The van der Waals surface area contributed by atoms with Crippen molar-refractivity contribution in [2.45, 2.75) is 19.8 Å². The Hall–Kier alpha value is -2.29. The van der Waals surface area contributed by atoms with Crippen molar-refractivity contribution in [2.24, 2.45) is 5.41 Å². The molecule has 0 aliphatic rings. The van der Waals surface area contributed by atoms with E-state index in [2.05, 4.69) is 26.1 Å². The minimum Gasteiger partial charge on any atom is -0.468 e. The van der Waals surface area contributed by atoms with Crippen molar-refractivity contribution >= 4 is 17.9 Å². The van der Waals surface area contributed by atoms with E-state index in [1.165, 1.54) is 21.3 Å². The number of hydrogen-bond donors (Lipinski definition) is 0. The van der Waals surface area contributed by atoms with Gasteiger partial charge in [-0.15, -0.1) is 0 Å². The molecule has 0 atom stereocenters. The van der Waals surface area contributed by atoms with Gasteiger partial charge >= 0.3 is 17.9 Å². The summed E-state index contributed by atoms with van der Waals surface area (Å²) in [4.78, 5) is 34.8. The van der Waals surface area contributed by atoms with Crippen molar-refractivity contribution in [3.8, 4) is 11.8 Å². The number of allylic oxidation sites excluding steroid dienone is 2. The number of ether oxygens (including phenoxy) is 3. The standard InChI is InChI=1S/C14H18O6/c1-5-6-9-14(12(16)19-3,13(17)20-4)10-7-8-11(15)18-2/h5-6H,9-10H2,1-4H3/b6-5-. The molecular weight excluding hydrogens is 264 g/mol. The summed E-state index contributed by atoms with van der Waals surface area (Å²) in [5, 5.41) is 0. The van der Waals surface area contributed by atoms with Gasteiger partial charge in [-0.2, -0.15) is 0 Å². The van der Waals surface area contributed by atoms with Gasteiger partial charge in [-0.05, 0) is 13.3 Å². The predicted molar refractivity (Wildman–Crippen MR) is 70.3 cm³/mol. The maximum Gasteiger partial charge on any atom is 0.384 e. The average Bonchev–Trinajstić information content (AvgIpc) is 2.48. The highest BCUT2D eigenvalue weighted by Crippen LogP contribution is 2.30. The molecule has 0 amide bonds. The summed E-state index contributed by atoms with van der Waals surface area (Å²) < 4.78 is 13.7. The van der Waals surface area contributed by atoms with E-state index < -0.39 is 23.3 Å². The maximum absolute atomic E-state index is 11.9. The highest BCUT2D eigenvalue weighted by Gasteiger charge is 2.47. The molecule has 0 spiro atoms. The molecule has 0 N–H and O–H groups in total. The summed E-state index contributed by atoms with van der Waals surface area (Å²) in [5.41, 5.74) is -1.59. The summed E-state index contributed by atoms with van der Waals surface area (Å²) in [6.07, 6.45) is 3.19. The first kappa shape index (κ1) is 17.7. The number of carbonyl (C=O) groups is 3. The molecule has 0 saturated carbocycles. The third-order valence-electron chi connectivity index (χ3n) is 2.62. The van der Waals surface area contributed by atoms with Crippen LogP contribution in [0.5, 0.6) is 0 Å². The predicted octanol–water partition coefficient (Wildman–Crippen LogP) is 0.851. The molecule has 110 valence electrons. The third kappa shape index (κ3) is 4.43. The Balaban J connectivity index is 5.47. The van der Waals surface area contributed by atoms with E-state index in [4.69, 9.17) is 0 Å². The molecule has 0 aliphatic carbocycles. The Morgan fingerprint density at radius 3 is 2.00 bits per heavy atom. The van der Waals surface area contributed by atoms with Gasteiger partial charge in [0.05, 0.1) is 21.3 Å². The van der Waals surface area contributed by atoms with Gasteiger partial charge in [-0.3, -0.25) is 9.59 Å². The zero-order valence-electron chi connectivity index (χ0n) is 12.0. The number of rotatable bonds is 5. The summed E-state index contributed by atoms with van der Waals surface area (Å²) >= 11 is 0. The fourth-order valence-electron chi connectivity index (χ4n) is 1.49. The first-order valence-corrected chi connectivity index (χ1v) is 5.83. The lowest BCUT2D eigenvalue weighted by Crippen LogP contribution is -2.40. The van der Waals surface area contributed by atoms with Gasteiger partial charge in [0.2, 0.25) is 0 Å². The topological polar surface area (TPSA) is 78.9 Å². The van der Waals surface area contributed by atoms with Gasteiger partial charge < -0.3 is 14.2 Å². The Morgan fingerprint density at radius 1 is 1.05 bits per heavy atom. The van der Waals surface area contributed by atoms with E-state index in [1.54, 1.807) is 19.1 Å². The molecule has 6 heteroatoms. The van der Waals surface area contributed by atoms with Crippen LogP contribution in [0.1, 0.15) is 19.8 Å². The van der Waals surface area contributed by atoms with E-state index in [-0.39, 0.29) is 12.8 Å². The molecular formula is C14H18O6. The second-order valence-electron chi connectivity index (χ2n) is 3.81. The summed E-state index contributed by atoms with van der Waals surface area (Å²) in [6, 6.07) is 0. The van der Waals surface area contributed by atoms with Gasteiger partial charge in [-0.25, -0.2) is 4.79 Å². The van der Waals surface area contributed by atoms with Gasteiger partial charge in [0, 0.05) is 12.3 Å². The monoisotopic (exact) mass is 282 g/mol. The van der Waals surface area contributed by atoms with Crippen molar-refractivity contribution in [1.29, 1.82) is 0 Å². The SMILES string of the molecule is C/C=C\CC(CC#CC(=O)OC)(C(=O)OC)C(=O)OC. The van der Waals surface area contributed by atoms with Crippen LogP contribution in [-0.2, 0) is 28.6 Å². The van der Waals surface area contributed by atoms with Crippen LogP contribution in [0, 0.1) is 17.3 Å². The lowest BCUT2D eigenvalue weighted by molar-refractivity contribution is -0.168. The molecule has 0 bridgehead atoms. The molecule has 0 aromatic rings. The van der Waals surface area contributed by atoms with Gasteiger partial charge in [0.15, 0.2) is 5.41 Å². The zero-order valence-corrected chi connectivity index (χ0v) is 12.0. The molecule has 6 nitrogen and oxygen atoms in total. The Kier molecular flexibility index (Phi) is 7.75. The molecule has 0 aliphatic heterocycles. The van der Waals surface area contributed by atoms with E-state index in [9.17, 15) is 14.4 Å². The van der Waals surface area contributed by atoms with E-state index in [0.717, 1.165) is 0 Å². The van der Waals surface area contributed by atoms with Gasteiger partial charge in [0.1, 0.15) is 0 Å². The van der Waals surface area contributed by atoms with E-state index in [1.807, 2.05) is 0 Å². The summed E-state index contributed by atoms with van der Waals surface area (Å²) in [5.74, 6) is 2.35. The van der Waals surface area contributed by atoms with Crippen molar-refractivity contribution in [2.75, 3.05) is 21.3 Å². The van der Waals surface area contributed by atoms with Crippen LogP contribution in [0.15, 0.2) is 12.2 Å². The first-order valence-electron chi connectivity index (χ1n) is 5.83. The van der Waals surface area contributed by atoms with Crippen LogP contribution in [0.25, 0.3) is 0 Å². The normalized spacial score (nSPS) is 10.4. The second kappa shape index (κ2) is 8.75. The minimum absolute atomic E-state index is 0.0682. The molecule has 0 saturated heterocycles. The summed E-state index contributed by atoms with van der Waals surface area (Å²) in [7, 11) is 3.53. The van der Waals surface area contributed by atoms with Crippen LogP contribution >= 0.6 is 0 Å². The van der Waals surface area contributed by atoms with Crippen LogP contribution in [-0.4, -0.2) is 39.2 Å². The fraction of sp³-hybridized carbons (Fsp3) is 0.500. The largest absolute Gasteiger partial charge is 0.468 e. The van der Waals surface area contributed by atoms with E-state index in [0.29, 0.717) is 0 Å². The zero-order chi connectivity index (χ0) is 15.6.